The summed E-state index contributed by atoms with van der Waals surface area (Å²) in [6.45, 7) is 4.22. The number of halogens is 1. The SMILES string of the molecule is CNC(=O)Nc1cccc(NC(=O)CC(C)C2CCCNC2)c1.Cl. The lowest BCUT2D eigenvalue weighted by Gasteiger charge is -2.28. The first-order valence-corrected chi connectivity index (χ1v) is 8.18. The number of anilines is 2. The minimum absolute atomic E-state index is 0. The van der Waals surface area contributed by atoms with Gasteiger partial charge in [0.05, 0.1) is 0 Å². The number of carbonyl (C=O) groups excluding carboxylic acids is 2. The molecule has 4 N–H and O–H groups in total. The molecule has 0 spiro atoms. The molecule has 1 aliphatic heterocycles. The van der Waals surface area contributed by atoms with Crippen LogP contribution in [0.15, 0.2) is 24.3 Å². The molecule has 0 bridgehead atoms. The lowest BCUT2D eigenvalue weighted by atomic mass is 9.85. The molecule has 1 aliphatic rings. The predicted octanol–water partition coefficient (Wildman–Crippen LogP) is 2.82. The van der Waals surface area contributed by atoms with Gasteiger partial charge in [-0.15, -0.1) is 12.4 Å². The number of rotatable bonds is 5. The molecule has 2 unspecified atom stereocenters. The third kappa shape index (κ3) is 6.37. The molecule has 0 aromatic heterocycles. The fourth-order valence-electron chi connectivity index (χ4n) is 2.90. The first kappa shape index (κ1) is 20.3. The number of urea groups is 1. The Hall–Kier alpha value is -1.79. The molecular formula is C17H27ClN4O2. The summed E-state index contributed by atoms with van der Waals surface area (Å²) in [5.41, 5.74) is 1.34. The Kier molecular flexibility index (Phi) is 8.57. The van der Waals surface area contributed by atoms with E-state index in [9.17, 15) is 9.59 Å². The van der Waals surface area contributed by atoms with E-state index in [1.54, 1.807) is 25.2 Å². The molecule has 3 amide bonds. The highest BCUT2D eigenvalue weighted by molar-refractivity contribution is 5.93. The first-order valence-electron chi connectivity index (χ1n) is 8.18. The molecular weight excluding hydrogens is 328 g/mol. The lowest BCUT2D eigenvalue weighted by molar-refractivity contribution is -0.117. The van der Waals surface area contributed by atoms with Gasteiger partial charge in [0.25, 0.3) is 0 Å². The van der Waals surface area contributed by atoms with Gasteiger partial charge in [0, 0.05) is 24.8 Å². The van der Waals surface area contributed by atoms with E-state index >= 15 is 0 Å². The zero-order valence-electron chi connectivity index (χ0n) is 14.2. The van der Waals surface area contributed by atoms with Crippen LogP contribution < -0.4 is 21.3 Å². The smallest absolute Gasteiger partial charge is 0.318 e. The number of piperidine rings is 1. The average molecular weight is 355 g/mol. The van der Waals surface area contributed by atoms with Gasteiger partial charge in [0.2, 0.25) is 5.91 Å². The molecule has 1 fully saturated rings. The van der Waals surface area contributed by atoms with Gasteiger partial charge < -0.3 is 21.3 Å². The second kappa shape index (κ2) is 10.2. The van der Waals surface area contributed by atoms with Crippen molar-refractivity contribution in [1.82, 2.24) is 10.6 Å². The molecule has 0 radical (unpaired) electrons. The van der Waals surface area contributed by atoms with Crippen molar-refractivity contribution in [2.24, 2.45) is 11.8 Å². The molecule has 2 rings (SSSR count). The third-order valence-electron chi connectivity index (χ3n) is 4.28. The summed E-state index contributed by atoms with van der Waals surface area (Å²) in [7, 11) is 1.56. The number of nitrogens with one attached hydrogen (secondary N) is 4. The van der Waals surface area contributed by atoms with Gasteiger partial charge in [0.1, 0.15) is 0 Å². The maximum atomic E-state index is 12.2. The number of hydrogen-bond acceptors (Lipinski definition) is 3. The summed E-state index contributed by atoms with van der Waals surface area (Å²) < 4.78 is 0. The van der Waals surface area contributed by atoms with Crippen molar-refractivity contribution in [3.05, 3.63) is 24.3 Å². The number of carbonyl (C=O) groups is 2. The van der Waals surface area contributed by atoms with Crippen LogP contribution in [-0.4, -0.2) is 32.1 Å². The van der Waals surface area contributed by atoms with Crippen molar-refractivity contribution < 1.29 is 9.59 Å². The van der Waals surface area contributed by atoms with Crippen LogP contribution in [0, 0.1) is 11.8 Å². The average Bonchev–Trinajstić information content (AvgIpc) is 2.55. The van der Waals surface area contributed by atoms with E-state index in [2.05, 4.69) is 28.2 Å². The van der Waals surface area contributed by atoms with Gasteiger partial charge in [-0.3, -0.25) is 4.79 Å². The molecule has 1 aromatic carbocycles. The Morgan fingerprint density at radius 1 is 1.29 bits per heavy atom. The highest BCUT2D eigenvalue weighted by atomic mass is 35.5. The zero-order valence-corrected chi connectivity index (χ0v) is 15.0. The lowest BCUT2D eigenvalue weighted by Crippen LogP contribution is -2.34. The van der Waals surface area contributed by atoms with Gasteiger partial charge in [-0.1, -0.05) is 13.0 Å². The Balaban J connectivity index is 0.00000288. The maximum absolute atomic E-state index is 12.2. The Bertz CT molecular complexity index is 547. The molecule has 6 nitrogen and oxygen atoms in total. The van der Waals surface area contributed by atoms with Gasteiger partial charge in [-0.25, -0.2) is 4.79 Å². The maximum Gasteiger partial charge on any atom is 0.318 e. The molecule has 24 heavy (non-hydrogen) atoms. The number of amides is 3. The molecule has 1 aromatic rings. The van der Waals surface area contributed by atoms with Crippen LogP contribution in [-0.2, 0) is 4.79 Å². The van der Waals surface area contributed by atoms with Crippen molar-refractivity contribution >= 4 is 35.7 Å². The van der Waals surface area contributed by atoms with Crippen LogP contribution >= 0.6 is 12.4 Å². The fraction of sp³-hybridized carbons (Fsp3) is 0.529. The van der Waals surface area contributed by atoms with Crippen LogP contribution in [0.5, 0.6) is 0 Å². The Morgan fingerprint density at radius 2 is 2.00 bits per heavy atom. The third-order valence-corrected chi connectivity index (χ3v) is 4.28. The summed E-state index contributed by atoms with van der Waals surface area (Å²) in [5.74, 6) is 0.936. The second-order valence-electron chi connectivity index (χ2n) is 6.12. The fourth-order valence-corrected chi connectivity index (χ4v) is 2.90. The number of benzene rings is 1. The molecule has 7 heteroatoms. The summed E-state index contributed by atoms with van der Waals surface area (Å²) in [6, 6.07) is 6.86. The van der Waals surface area contributed by atoms with Gasteiger partial charge >= 0.3 is 6.03 Å². The molecule has 2 atom stereocenters. The van der Waals surface area contributed by atoms with Crippen molar-refractivity contribution in [1.29, 1.82) is 0 Å². The van der Waals surface area contributed by atoms with E-state index in [0.29, 0.717) is 29.6 Å². The van der Waals surface area contributed by atoms with Crippen LogP contribution in [0.3, 0.4) is 0 Å². The van der Waals surface area contributed by atoms with Crippen LogP contribution in [0.1, 0.15) is 26.2 Å². The van der Waals surface area contributed by atoms with Gasteiger partial charge in [-0.05, 0) is 56.0 Å². The normalized spacial score (nSPS) is 18.0. The monoisotopic (exact) mass is 354 g/mol. The predicted molar refractivity (Wildman–Crippen MR) is 99.8 cm³/mol. The van der Waals surface area contributed by atoms with E-state index in [4.69, 9.17) is 0 Å². The van der Waals surface area contributed by atoms with E-state index in [-0.39, 0.29) is 24.3 Å². The van der Waals surface area contributed by atoms with E-state index < -0.39 is 0 Å². The molecule has 0 aliphatic carbocycles. The van der Waals surface area contributed by atoms with Crippen molar-refractivity contribution in [2.45, 2.75) is 26.2 Å². The quantitative estimate of drug-likeness (QED) is 0.656. The topological polar surface area (TPSA) is 82.3 Å². The second-order valence-corrected chi connectivity index (χ2v) is 6.12. The van der Waals surface area contributed by atoms with E-state index in [1.165, 1.54) is 12.8 Å². The highest BCUT2D eigenvalue weighted by Gasteiger charge is 2.22. The summed E-state index contributed by atoms with van der Waals surface area (Å²) in [4.78, 5) is 23.5. The summed E-state index contributed by atoms with van der Waals surface area (Å²) in [6.07, 6.45) is 2.89. The van der Waals surface area contributed by atoms with Gasteiger partial charge in [0.15, 0.2) is 0 Å². The molecule has 1 heterocycles. The van der Waals surface area contributed by atoms with Crippen LogP contribution in [0.25, 0.3) is 0 Å². The largest absolute Gasteiger partial charge is 0.341 e. The van der Waals surface area contributed by atoms with Crippen molar-refractivity contribution in [3.63, 3.8) is 0 Å². The zero-order chi connectivity index (χ0) is 16.7. The Morgan fingerprint density at radius 3 is 2.62 bits per heavy atom. The molecule has 0 saturated carbocycles. The van der Waals surface area contributed by atoms with Gasteiger partial charge in [-0.2, -0.15) is 0 Å². The molecule has 134 valence electrons. The van der Waals surface area contributed by atoms with Crippen LogP contribution in [0.2, 0.25) is 0 Å². The highest BCUT2D eigenvalue weighted by Crippen LogP contribution is 2.23. The van der Waals surface area contributed by atoms with Crippen LogP contribution in [0.4, 0.5) is 16.2 Å². The summed E-state index contributed by atoms with van der Waals surface area (Å²) in [5, 5.41) is 11.5. The number of hydrogen-bond donors (Lipinski definition) is 4. The van der Waals surface area contributed by atoms with Crippen molar-refractivity contribution in [3.8, 4) is 0 Å². The summed E-state index contributed by atoms with van der Waals surface area (Å²) >= 11 is 0. The first-order chi connectivity index (χ1) is 11.1. The Labute approximate surface area is 149 Å². The minimum Gasteiger partial charge on any atom is -0.341 e. The van der Waals surface area contributed by atoms with E-state index in [0.717, 1.165) is 13.1 Å². The molecule has 1 saturated heterocycles. The van der Waals surface area contributed by atoms with E-state index in [1.807, 2.05) is 6.07 Å². The minimum atomic E-state index is -0.285. The van der Waals surface area contributed by atoms with Crippen molar-refractivity contribution in [2.75, 3.05) is 30.8 Å². The standard InChI is InChI=1S/C17H26N4O2.ClH/c1-12(13-5-4-8-19-11-13)9-16(22)20-14-6-3-7-15(10-14)21-17(23)18-2;/h3,6-7,10,12-13,19H,4-5,8-9,11H2,1-2H3,(H,20,22)(H2,18,21,23);1H.